The molecule has 1 N–H and O–H groups in total. The zero-order valence-electron chi connectivity index (χ0n) is 12.6. The van der Waals surface area contributed by atoms with Gasteiger partial charge in [0.2, 0.25) is 0 Å². The molecule has 20 heavy (non-hydrogen) atoms. The van der Waals surface area contributed by atoms with Crippen LogP contribution in [0, 0.1) is 12.8 Å². The number of hydrogen-bond acceptors (Lipinski definition) is 2. The van der Waals surface area contributed by atoms with Gasteiger partial charge in [0.1, 0.15) is 0 Å². The molecule has 2 rings (SSSR count). The Kier molecular flexibility index (Phi) is 4.96. The molecule has 0 fully saturated rings. The highest BCUT2D eigenvalue weighted by Crippen LogP contribution is 2.15. The molecule has 0 spiro atoms. The van der Waals surface area contributed by atoms with Crippen LogP contribution < -0.4 is 0 Å². The molecule has 1 unspecified atom stereocenters. The molecule has 1 aromatic heterocycles. The number of aromatic nitrogens is 2. The Morgan fingerprint density at radius 3 is 2.60 bits per heavy atom. The molecule has 1 aromatic carbocycles. The Bertz CT molecular complexity index is 545. The van der Waals surface area contributed by atoms with E-state index in [4.69, 9.17) is 0 Å². The summed E-state index contributed by atoms with van der Waals surface area (Å²) < 4.78 is 1.97. The molecule has 0 amide bonds. The number of aryl methyl sites for hydroxylation is 1. The van der Waals surface area contributed by atoms with E-state index < -0.39 is 0 Å². The molecule has 2 aromatic rings. The van der Waals surface area contributed by atoms with Crippen molar-refractivity contribution in [3.05, 3.63) is 53.3 Å². The summed E-state index contributed by atoms with van der Waals surface area (Å²) in [6.07, 6.45) is 3.73. The van der Waals surface area contributed by atoms with Crippen LogP contribution in [-0.2, 0) is 12.8 Å². The van der Waals surface area contributed by atoms with Crippen LogP contribution in [0.3, 0.4) is 0 Å². The highest BCUT2D eigenvalue weighted by molar-refractivity contribution is 5.22. The zero-order chi connectivity index (χ0) is 14.5. The van der Waals surface area contributed by atoms with Crippen LogP contribution >= 0.6 is 0 Å². The molecule has 1 atom stereocenters. The molecular formula is C17H24N2O. The van der Waals surface area contributed by atoms with Gasteiger partial charge in [-0.1, -0.05) is 29.8 Å². The Labute approximate surface area is 121 Å². The molecule has 3 heteroatoms. The average Bonchev–Trinajstić information content (AvgIpc) is 2.87. The van der Waals surface area contributed by atoms with Crippen molar-refractivity contribution in [1.82, 2.24) is 9.78 Å². The van der Waals surface area contributed by atoms with Crippen LogP contribution in [0.5, 0.6) is 0 Å². The van der Waals surface area contributed by atoms with E-state index in [0.29, 0.717) is 6.04 Å². The van der Waals surface area contributed by atoms with Crippen molar-refractivity contribution in [1.29, 1.82) is 0 Å². The van der Waals surface area contributed by atoms with Gasteiger partial charge in [0.15, 0.2) is 0 Å². The predicted octanol–water partition coefficient (Wildman–Crippen LogP) is 3.17. The third-order valence-electron chi connectivity index (χ3n) is 3.56. The summed E-state index contributed by atoms with van der Waals surface area (Å²) >= 11 is 0. The molecule has 108 valence electrons. The van der Waals surface area contributed by atoms with Crippen LogP contribution in [-0.4, -0.2) is 21.5 Å². The largest absolute Gasteiger partial charge is 0.396 e. The maximum Gasteiger partial charge on any atom is 0.0628 e. The van der Waals surface area contributed by atoms with Crippen LogP contribution in [0.1, 0.15) is 36.7 Å². The monoisotopic (exact) mass is 272 g/mol. The lowest BCUT2D eigenvalue weighted by Gasteiger charge is -2.13. The third kappa shape index (κ3) is 3.94. The minimum absolute atomic E-state index is 0.197. The van der Waals surface area contributed by atoms with Gasteiger partial charge in [-0.25, -0.2) is 0 Å². The van der Waals surface area contributed by atoms with Gasteiger partial charge in [0, 0.05) is 18.8 Å². The second-order valence-corrected chi connectivity index (χ2v) is 5.83. The van der Waals surface area contributed by atoms with E-state index >= 15 is 0 Å². The van der Waals surface area contributed by atoms with Crippen LogP contribution in [0.25, 0.3) is 0 Å². The minimum Gasteiger partial charge on any atom is -0.396 e. The van der Waals surface area contributed by atoms with Gasteiger partial charge in [-0.15, -0.1) is 0 Å². The first-order valence-corrected chi connectivity index (χ1v) is 7.29. The fourth-order valence-electron chi connectivity index (χ4n) is 2.44. The van der Waals surface area contributed by atoms with Gasteiger partial charge in [0.05, 0.1) is 5.69 Å². The van der Waals surface area contributed by atoms with Crippen molar-refractivity contribution in [2.24, 2.45) is 5.92 Å². The third-order valence-corrected chi connectivity index (χ3v) is 3.56. The van der Waals surface area contributed by atoms with Gasteiger partial charge in [-0.2, -0.15) is 5.10 Å². The van der Waals surface area contributed by atoms with Gasteiger partial charge >= 0.3 is 0 Å². The maximum atomic E-state index is 9.60. The molecule has 0 bridgehead atoms. The second kappa shape index (κ2) is 6.71. The average molecular weight is 272 g/mol. The molecule has 1 heterocycles. The lowest BCUT2D eigenvalue weighted by atomic mass is 9.95. The number of aliphatic hydroxyl groups excluding tert-OH is 1. The van der Waals surface area contributed by atoms with E-state index in [9.17, 15) is 5.11 Å². The highest BCUT2D eigenvalue weighted by Gasteiger charge is 2.12. The smallest absolute Gasteiger partial charge is 0.0628 e. The van der Waals surface area contributed by atoms with E-state index in [-0.39, 0.29) is 12.5 Å². The first kappa shape index (κ1) is 14.8. The molecule has 3 nitrogen and oxygen atoms in total. The normalized spacial score (nSPS) is 12.8. The quantitative estimate of drug-likeness (QED) is 0.877. The van der Waals surface area contributed by atoms with Gasteiger partial charge in [-0.05, 0) is 51.2 Å². The highest BCUT2D eigenvalue weighted by atomic mass is 16.3. The molecule has 0 aliphatic rings. The zero-order valence-corrected chi connectivity index (χ0v) is 12.6. The first-order valence-electron chi connectivity index (χ1n) is 7.29. The fourth-order valence-corrected chi connectivity index (χ4v) is 2.44. The summed E-state index contributed by atoms with van der Waals surface area (Å²) in [6.45, 7) is 6.53. The molecule has 0 radical (unpaired) electrons. The number of nitrogens with zero attached hydrogens (tertiary/aromatic N) is 2. The summed E-state index contributed by atoms with van der Waals surface area (Å²) in [5.74, 6) is 0.229. The van der Waals surface area contributed by atoms with Gasteiger partial charge in [-0.3, -0.25) is 4.68 Å². The summed E-state index contributed by atoms with van der Waals surface area (Å²) in [4.78, 5) is 0. The SMILES string of the molecule is Cc1cccc(CC(CO)Cc2ccn(C(C)C)n2)c1. The number of rotatable bonds is 6. The Balaban J connectivity index is 2.01. The Hall–Kier alpha value is -1.61. The van der Waals surface area contributed by atoms with Crippen molar-refractivity contribution < 1.29 is 5.11 Å². The lowest BCUT2D eigenvalue weighted by Crippen LogP contribution is -2.14. The van der Waals surface area contributed by atoms with Crippen molar-refractivity contribution in [2.45, 2.75) is 39.7 Å². The van der Waals surface area contributed by atoms with Crippen molar-refractivity contribution in [3.8, 4) is 0 Å². The van der Waals surface area contributed by atoms with Crippen LogP contribution in [0.15, 0.2) is 36.5 Å². The summed E-state index contributed by atoms with van der Waals surface area (Å²) in [5, 5.41) is 14.2. The second-order valence-electron chi connectivity index (χ2n) is 5.83. The Morgan fingerprint density at radius 2 is 2.00 bits per heavy atom. The van der Waals surface area contributed by atoms with Crippen molar-refractivity contribution in [2.75, 3.05) is 6.61 Å². The number of hydrogen-bond donors (Lipinski definition) is 1. The summed E-state index contributed by atoms with van der Waals surface area (Å²) in [6, 6.07) is 10.9. The molecular weight excluding hydrogens is 248 g/mol. The van der Waals surface area contributed by atoms with Crippen molar-refractivity contribution in [3.63, 3.8) is 0 Å². The van der Waals surface area contributed by atoms with Gasteiger partial charge < -0.3 is 5.11 Å². The van der Waals surface area contributed by atoms with E-state index in [1.807, 2.05) is 10.9 Å². The Morgan fingerprint density at radius 1 is 1.20 bits per heavy atom. The van der Waals surface area contributed by atoms with E-state index in [1.54, 1.807) is 0 Å². The van der Waals surface area contributed by atoms with E-state index in [2.05, 4.69) is 56.2 Å². The lowest BCUT2D eigenvalue weighted by molar-refractivity contribution is 0.224. The van der Waals surface area contributed by atoms with E-state index in [1.165, 1.54) is 11.1 Å². The fraction of sp³-hybridized carbons (Fsp3) is 0.471. The predicted molar refractivity (Wildman–Crippen MR) is 81.8 cm³/mol. The summed E-state index contributed by atoms with van der Waals surface area (Å²) in [5.41, 5.74) is 3.61. The van der Waals surface area contributed by atoms with Crippen LogP contribution in [0.4, 0.5) is 0 Å². The maximum absolute atomic E-state index is 9.60. The topological polar surface area (TPSA) is 38.0 Å². The minimum atomic E-state index is 0.197. The standard InChI is InChI=1S/C17H24N2O/c1-13(2)19-8-7-17(18-19)11-16(12-20)10-15-6-4-5-14(3)9-15/h4-9,13,16,20H,10-12H2,1-3H3. The first-order chi connectivity index (χ1) is 9.58. The van der Waals surface area contributed by atoms with Crippen LogP contribution in [0.2, 0.25) is 0 Å². The molecule has 0 saturated carbocycles. The van der Waals surface area contributed by atoms with Crippen molar-refractivity contribution >= 4 is 0 Å². The molecule has 0 saturated heterocycles. The number of aliphatic hydroxyl groups is 1. The number of benzene rings is 1. The molecule has 0 aliphatic carbocycles. The molecule has 0 aliphatic heterocycles. The van der Waals surface area contributed by atoms with Gasteiger partial charge in [0.25, 0.3) is 0 Å². The summed E-state index contributed by atoms with van der Waals surface area (Å²) in [7, 11) is 0. The van der Waals surface area contributed by atoms with E-state index in [0.717, 1.165) is 18.5 Å².